The number of hydrogen-bond donors (Lipinski definition) is 2. The number of carbonyl (C=O) groups excluding carboxylic acids is 1. The van der Waals surface area contributed by atoms with Gasteiger partial charge >= 0.3 is 0 Å². The maximum Gasteiger partial charge on any atom is 0.261 e. The number of thiazole rings is 1. The summed E-state index contributed by atoms with van der Waals surface area (Å²) in [4.78, 5) is 21.4. The Labute approximate surface area is 167 Å². The average Bonchev–Trinajstić information content (AvgIpc) is 3.30. The summed E-state index contributed by atoms with van der Waals surface area (Å²) in [6.07, 6.45) is 3.63. The van der Waals surface area contributed by atoms with Gasteiger partial charge in [-0.1, -0.05) is 6.92 Å². The van der Waals surface area contributed by atoms with Crippen LogP contribution in [0.15, 0.2) is 11.4 Å². The number of nitrogens with one attached hydrogen (secondary N) is 1. The lowest BCUT2D eigenvalue weighted by atomic mass is 9.82. The predicted octanol–water partition coefficient (Wildman–Crippen LogP) is 2.64. The fraction of sp³-hybridized carbons (Fsp3) is 0.579. The number of aromatic nitrogens is 1. The van der Waals surface area contributed by atoms with Crippen molar-refractivity contribution in [1.29, 1.82) is 0 Å². The maximum atomic E-state index is 12.6. The van der Waals surface area contributed by atoms with Crippen LogP contribution in [0.2, 0.25) is 0 Å². The Hall–Kier alpha value is -1.48. The first-order valence-corrected chi connectivity index (χ1v) is 11.3. The normalized spacial score (nSPS) is 19.1. The van der Waals surface area contributed by atoms with Crippen LogP contribution in [-0.2, 0) is 23.2 Å². The van der Waals surface area contributed by atoms with Gasteiger partial charge in [0.2, 0.25) is 0 Å². The summed E-state index contributed by atoms with van der Waals surface area (Å²) in [6, 6.07) is 2.08. The van der Waals surface area contributed by atoms with E-state index in [-0.39, 0.29) is 11.5 Å². The number of nitrogens with two attached hydrogens (primary N) is 1. The number of piperidine rings is 1. The molecule has 27 heavy (non-hydrogen) atoms. The summed E-state index contributed by atoms with van der Waals surface area (Å²) < 4.78 is 6.29. The summed E-state index contributed by atoms with van der Waals surface area (Å²) in [6.45, 7) is 6.74. The van der Waals surface area contributed by atoms with Gasteiger partial charge in [-0.2, -0.15) is 0 Å². The second-order valence-electron chi connectivity index (χ2n) is 7.16. The Morgan fingerprint density at radius 3 is 2.96 bits per heavy atom. The number of nitrogens with zero attached hydrogens (tertiary/aromatic N) is 2. The van der Waals surface area contributed by atoms with Crippen LogP contribution in [0.5, 0.6) is 0 Å². The van der Waals surface area contributed by atoms with Gasteiger partial charge in [-0.05, 0) is 31.0 Å². The van der Waals surface area contributed by atoms with Crippen molar-refractivity contribution in [1.82, 2.24) is 15.2 Å². The second-order valence-corrected chi connectivity index (χ2v) is 9.18. The molecule has 4 heterocycles. The molecule has 6 nitrogen and oxygen atoms in total. The van der Waals surface area contributed by atoms with Crippen molar-refractivity contribution >= 4 is 33.7 Å². The largest absolute Gasteiger partial charge is 0.375 e. The number of nitrogen functional groups attached to an aromatic ring is 1. The zero-order valence-electron chi connectivity index (χ0n) is 15.6. The number of ether oxygens (including phenoxy) is 1. The highest BCUT2D eigenvalue weighted by molar-refractivity contribution is 7.14. The van der Waals surface area contributed by atoms with E-state index in [4.69, 9.17) is 10.5 Å². The number of anilines is 1. The highest BCUT2D eigenvalue weighted by Crippen LogP contribution is 2.44. The predicted molar refractivity (Wildman–Crippen MR) is 110 cm³/mol. The first-order chi connectivity index (χ1) is 13.1. The van der Waals surface area contributed by atoms with Crippen molar-refractivity contribution in [2.75, 3.05) is 38.5 Å². The maximum absolute atomic E-state index is 12.6. The van der Waals surface area contributed by atoms with E-state index in [9.17, 15) is 4.79 Å². The fourth-order valence-corrected chi connectivity index (χ4v) is 5.75. The average molecular weight is 407 g/mol. The molecule has 0 aromatic carbocycles. The third-order valence-electron chi connectivity index (χ3n) is 5.58. The molecule has 4 rings (SSSR count). The summed E-state index contributed by atoms with van der Waals surface area (Å²) in [5.41, 5.74) is 7.65. The van der Waals surface area contributed by atoms with Crippen molar-refractivity contribution in [3.8, 4) is 0 Å². The standard InChI is InChI=1S/C19H26N4O2S2/c1-2-23-8-5-19(6-9-23)14-11-16(27-15(14)4-10-25-19)17(24)21-7-3-13-12-26-18(20)22-13/h11-12H,2-10H2,1H3,(H2,20,22)(H,21,24). The minimum Gasteiger partial charge on any atom is -0.375 e. The highest BCUT2D eigenvalue weighted by Gasteiger charge is 2.42. The molecule has 1 saturated heterocycles. The van der Waals surface area contributed by atoms with Crippen LogP contribution in [-0.4, -0.2) is 48.6 Å². The van der Waals surface area contributed by atoms with Crippen LogP contribution in [0.3, 0.4) is 0 Å². The van der Waals surface area contributed by atoms with Gasteiger partial charge in [0.25, 0.3) is 5.91 Å². The summed E-state index contributed by atoms with van der Waals surface area (Å²) in [7, 11) is 0. The summed E-state index contributed by atoms with van der Waals surface area (Å²) in [5, 5.41) is 5.53. The monoisotopic (exact) mass is 406 g/mol. The fourth-order valence-electron chi connectivity index (χ4n) is 4.00. The molecule has 2 aliphatic rings. The molecule has 2 aliphatic heterocycles. The third kappa shape index (κ3) is 3.89. The van der Waals surface area contributed by atoms with Gasteiger partial charge in [0.1, 0.15) is 0 Å². The molecular formula is C19H26N4O2S2. The number of likely N-dealkylation sites (tertiary alicyclic amines) is 1. The van der Waals surface area contributed by atoms with Crippen LogP contribution in [0.4, 0.5) is 5.13 Å². The topological polar surface area (TPSA) is 80.5 Å². The minimum atomic E-state index is -0.188. The Balaban J connectivity index is 1.42. The van der Waals surface area contributed by atoms with Gasteiger partial charge in [-0.3, -0.25) is 4.79 Å². The van der Waals surface area contributed by atoms with Crippen LogP contribution < -0.4 is 11.1 Å². The smallest absolute Gasteiger partial charge is 0.261 e. The molecule has 2 aromatic heterocycles. The van der Waals surface area contributed by atoms with Gasteiger partial charge in [0.05, 0.1) is 22.8 Å². The molecule has 146 valence electrons. The van der Waals surface area contributed by atoms with E-state index in [0.29, 0.717) is 18.1 Å². The van der Waals surface area contributed by atoms with Gasteiger partial charge in [-0.15, -0.1) is 22.7 Å². The van der Waals surface area contributed by atoms with Crippen LogP contribution in [0.25, 0.3) is 0 Å². The van der Waals surface area contributed by atoms with Gasteiger partial charge in [0.15, 0.2) is 5.13 Å². The molecule has 0 unspecified atom stereocenters. The highest BCUT2D eigenvalue weighted by atomic mass is 32.1. The lowest BCUT2D eigenvalue weighted by Gasteiger charge is -2.43. The number of thiophene rings is 1. The Morgan fingerprint density at radius 2 is 2.26 bits per heavy atom. The molecule has 1 spiro atoms. The van der Waals surface area contributed by atoms with Crippen molar-refractivity contribution in [3.63, 3.8) is 0 Å². The van der Waals surface area contributed by atoms with Crippen molar-refractivity contribution in [2.24, 2.45) is 0 Å². The summed E-state index contributed by atoms with van der Waals surface area (Å²) in [5.74, 6) is -0.00116. The van der Waals surface area contributed by atoms with Gasteiger partial charge in [0, 0.05) is 42.7 Å². The van der Waals surface area contributed by atoms with E-state index in [1.54, 1.807) is 11.3 Å². The molecular weight excluding hydrogens is 380 g/mol. The SMILES string of the molecule is CCN1CCC2(CC1)OCCc1sc(C(=O)NCCc3csc(N)n3)cc12. The Kier molecular flexibility index (Phi) is 5.50. The third-order valence-corrected chi connectivity index (χ3v) is 7.49. The van der Waals surface area contributed by atoms with Crippen LogP contribution in [0.1, 0.15) is 45.6 Å². The molecule has 1 amide bonds. The Bertz CT molecular complexity index is 808. The van der Waals surface area contributed by atoms with E-state index in [0.717, 1.165) is 56.1 Å². The molecule has 8 heteroatoms. The van der Waals surface area contributed by atoms with Gasteiger partial charge < -0.3 is 20.7 Å². The van der Waals surface area contributed by atoms with Crippen LogP contribution in [0, 0.1) is 0 Å². The number of fused-ring (bicyclic) bond motifs is 2. The molecule has 0 saturated carbocycles. The molecule has 0 atom stereocenters. The number of hydrogen-bond acceptors (Lipinski definition) is 7. The molecule has 0 bridgehead atoms. The molecule has 2 aromatic rings. The quantitative estimate of drug-likeness (QED) is 0.798. The molecule has 3 N–H and O–H groups in total. The lowest BCUT2D eigenvalue weighted by Crippen LogP contribution is -2.46. The van der Waals surface area contributed by atoms with E-state index >= 15 is 0 Å². The number of rotatable bonds is 5. The molecule has 0 aliphatic carbocycles. The number of amides is 1. The van der Waals surface area contributed by atoms with E-state index in [1.807, 2.05) is 5.38 Å². The Morgan fingerprint density at radius 1 is 1.44 bits per heavy atom. The first-order valence-electron chi connectivity index (χ1n) is 9.57. The lowest BCUT2D eigenvalue weighted by molar-refractivity contribution is -0.0964. The first kappa shape index (κ1) is 18.9. The van der Waals surface area contributed by atoms with E-state index < -0.39 is 0 Å². The molecule has 1 fully saturated rings. The zero-order valence-corrected chi connectivity index (χ0v) is 17.3. The summed E-state index contributed by atoms with van der Waals surface area (Å²) >= 11 is 3.06. The van der Waals surface area contributed by atoms with Crippen molar-refractivity contribution in [3.05, 3.63) is 32.5 Å². The van der Waals surface area contributed by atoms with Crippen LogP contribution >= 0.6 is 22.7 Å². The van der Waals surface area contributed by atoms with Crippen molar-refractivity contribution < 1.29 is 9.53 Å². The second kappa shape index (κ2) is 7.87. The molecule has 0 radical (unpaired) electrons. The van der Waals surface area contributed by atoms with Crippen molar-refractivity contribution in [2.45, 2.75) is 38.2 Å². The van der Waals surface area contributed by atoms with Gasteiger partial charge in [-0.25, -0.2) is 4.98 Å². The van der Waals surface area contributed by atoms with E-state index in [2.05, 4.69) is 28.2 Å². The van der Waals surface area contributed by atoms with E-state index in [1.165, 1.54) is 21.8 Å². The number of carbonyl (C=O) groups is 1. The minimum absolute atomic E-state index is 0.00116. The zero-order chi connectivity index (χ0) is 18.9.